The zero-order valence-electron chi connectivity index (χ0n) is 20.9. The van der Waals surface area contributed by atoms with Crippen molar-refractivity contribution in [2.75, 3.05) is 6.61 Å². The maximum atomic E-state index is 10.5. The maximum Gasteiger partial charge on any atom is 0.0809 e. The first kappa shape index (κ1) is 27.7. The Hall–Kier alpha value is -0.380. The minimum atomic E-state index is -0.497. The van der Waals surface area contributed by atoms with Crippen molar-refractivity contribution in [3.05, 3.63) is 12.2 Å². The summed E-state index contributed by atoms with van der Waals surface area (Å²) in [5, 5.41) is 20.4. The summed E-state index contributed by atoms with van der Waals surface area (Å²) in [5.74, 6) is 2.17. The molecule has 30 heavy (non-hydrogen) atoms. The molecule has 0 bridgehead atoms. The van der Waals surface area contributed by atoms with Gasteiger partial charge >= 0.3 is 0 Å². The van der Waals surface area contributed by atoms with Crippen LogP contribution in [-0.4, -0.2) is 34.6 Å². The molecule has 7 atom stereocenters. The number of allylic oxidation sites excluding steroid dienone is 1. The maximum absolute atomic E-state index is 10.5. The van der Waals surface area contributed by atoms with Gasteiger partial charge in [-0.15, -0.1) is 0 Å². The Morgan fingerprint density at radius 1 is 0.967 bits per heavy atom. The third-order valence-corrected chi connectivity index (χ3v) is 7.41. The highest BCUT2D eigenvalue weighted by Gasteiger charge is 2.33. The van der Waals surface area contributed by atoms with Crippen molar-refractivity contribution >= 4 is 0 Å². The fraction of sp³-hybridized carbons (Fsp3) is 0.926. The summed E-state index contributed by atoms with van der Waals surface area (Å²) in [6.07, 6.45) is 16.8. The van der Waals surface area contributed by atoms with Gasteiger partial charge in [-0.1, -0.05) is 91.7 Å². The standard InChI is InChI=1S/C27H52O3/c1-7-9-10-18-27(6,29)19-12-14-21(3)13-11-15-25(20-28)30-26-23(5)22(4)16-17-24(26)8-2/h16-17,21-26,28-29H,7-15,18-20H2,1-6H3. The highest BCUT2D eigenvalue weighted by atomic mass is 16.5. The van der Waals surface area contributed by atoms with Crippen molar-refractivity contribution in [3.63, 3.8) is 0 Å². The zero-order chi connectivity index (χ0) is 22.6. The van der Waals surface area contributed by atoms with Crippen LogP contribution in [-0.2, 0) is 4.74 Å². The Labute approximate surface area is 187 Å². The predicted molar refractivity (Wildman–Crippen MR) is 129 cm³/mol. The predicted octanol–water partition coefficient (Wildman–Crippen LogP) is 6.91. The van der Waals surface area contributed by atoms with Gasteiger partial charge in [0.15, 0.2) is 0 Å². The molecule has 0 saturated carbocycles. The molecular formula is C27H52O3. The van der Waals surface area contributed by atoms with E-state index < -0.39 is 5.60 Å². The topological polar surface area (TPSA) is 49.7 Å². The van der Waals surface area contributed by atoms with E-state index in [9.17, 15) is 10.2 Å². The molecule has 0 aromatic carbocycles. The van der Waals surface area contributed by atoms with Gasteiger partial charge < -0.3 is 14.9 Å². The quantitative estimate of drug-likeness (QED) is 0.209. The monoisotopic (exact) mass is 424 g/mol. The van der Waals surface area contributed by atoms with Gasteiger partial charge in [-0.25, -0.2) is 0 Å². The first-order chi connectivity index (χ1) is 14.2. The van der Waals surface area contributed by atoms with Crippen molar-refractivity contribution in [2.45, 2.75) is 130 Å². The number of hydrogen-bond acceptors (Lipinski definition) is 3. The smallest absolute Gasteiger partial charge is 0.0809 e. The van der Waals surface area contributed by atoms with E-state index in [-0.39, 0.29) is 18.8 Å². The first-order valence-electron chi connectivity index (χ1n) is 12.9. The van der Waals surface area contributed by atoms with Crippen LogP contribution in [0.2, 0.25) is 0 Å². The van der Waals surface area contributed by atoms with E-state index in [1.807, 2.05) is 6.92 Å². The third-order valence-electron chi connectivity index (χ3n) is 7.41. The lowest BCUT2D eigenvalue weighted by atomic mass is 9.77. The molecular weight excluding hydrogens is 372 g/mol. The number of ether oxygens (including phenoxy) is 1. The molecule has 1 aliphatic rings. The molecule has 0 spiro atoms. The SMILES string of the molecule is CCCCCC(C)(O)CCCC(C)CCCC(CO)OC1C(CC)C=CC(C)C1C. The van der Waals surface area contributed by atoms with Gasteiger partial charge in [-0.3, -0.25) is 0 Å². The highest BCUT2D eigenvalue weighted by Crippen LogP contribution is 2.34. The molecule has 0 aromatic heterocycles. The van der Waals surface area contributed by atoms with Crippen molar-refractivity contribution in [2.24, 2.45) is 23.7 Å². The molecule has 0 saturated heterocycles. The summed E-state index contributed by atoms with van der Waals surface area (Å²) >= 11 is 0. The van der Waals surface area contributed by atoms with Crippen LogP contribution in [0.3, 0.4) is 0 Å². The fourth-order valence-electron chi connectivity index (χ4n) is 4.86. The molecule has 3 nitrogen and oxygen atoms in total. The van der Waals surface area contributed by atoms with Crippen LogP contribution in [0, 0.1) is 23.7 Å². The fourth-order valence-corrected chi connectivity index (χ4v) is 4.86. The third kappa shape index (κ3) is 10.3. The van der Waals surface area contributed by atoms with E-state index in [0.717, 1.165) is 44.9 Å². The molecule has 3 heteroatoms. The van der Waals surface area contributed by atoms with Crippen LogP contribution >= 0.6 is 0 Å². The van der Waals surface area contributed by atoms with Gasteiger partial charge in [0.05, 0.1) is 24.4 Å². The van der Waals surface area contributed by atoms with Gasteiger partial charge in [0.2, 0.25) is 0 Å². The molecule has 0 aromatic rings. The van der Waals surface area contributed by atoms with Crippen LogP contribution in [0.5, 0.6) is 0 Å². The van der Waals surface area contributed by atoms with Gasteiger partial charge in [-0.2, -0.15) is 0 Å². The Kier molecular flexibility index (Phi) is 13.5. The average Bonchev–Trinajstić information content (AvgIpc) is 2.70. The van der Waals surface area contributed by atoms with E-state index in [2.05, 4.69) is 46.8 Å². The molecule has 0 aliphatic heterocycles. The van der Waals surface area contributed by atoms with Crippen LogP contribution < -0.4 is 0 Å². The van der Waals surface area contributed by atoms with Crippen LogP contribution in [0.25, 0.3) is 0 Å². The summed E-state index contributed by atoms with van der Waals surface area (Å²) < 4.78 is 6.45. The summed E-state index contributed by atoms with van der Waals surface area (Å²) in [6.45, 7) is 13.4. The summed E-state index contributed by atoms with van der Waals surface area (Å²) in [5.41, 5.74) is -0.497. The number of unbranched alkanes of at least 4 members (excludes halogenated alkanes) is 2. The molecule has 1 aliphatic carbocycles. The zero-order valence-corrected chi connectivity index (χ0v) is 20.9. The normalized spacial score (nSPS) is 28.3. The van der Waals surface area contributed by atoms with Gasteiger partial charge in [-0.05, 0) is 50.4 Å². The average molecular weight is 425 g/mol. The van der Waals surface area contributed by atoms with Crippen LogP contribution in [0.4, 0.5) is 0 Å². The van der Waals surface area contributed by atoms with E-state index in [0.29, 0.717) is 23.7 Å². The number of aliphatic hydroxyl groups is 2. The van der Waals surface area contributed by atoms with Gasteiger partial charge in [0.1, 0.15) is 0 Å². The molecule has 0 fully saturated rings. The van der Waals surface area contributed by atoms with Crippen molar-refractivity contribution in [3.8, 4) is 0 Å². The molecule has 2 N–H and O–H groups in total. The van der Waals surface area contributed by atoms with Crippen molar-refractivity contribution < 1.29 is 14.9 Å². The summed E-state index contributed by atoms with van der Waals surface area (Å²) in [6, 6.07) is 0. The van der Waals surface area contributed by atoms with E-state index in [1.54, 1.807) is 0 Å². The summed E-state index contributed by atoms with van der Waals surface area (Å²) in [7, 11) is 0. The van der Waals surface area contributed by atoms with E-state index >= 15 is 0 Å². The highest BCUT2D eigenvalue weighted by molar-refractivity contribution is 5.03. The van der Waals surface area contributed by atoms with E-state index in [1.165, 1.54) is 25.7 Å². The lowest BCUT2D eigenvalue weighted by molar-refractivity contribution is -0.0926. The van der Waals surface area contributed by atoms with Crippen LogP contribution in [0.1, 0.15) is 112 Å². The Morgan fingerprint density at radius 3 is 2.27 bits per heavy atom. The minimum absolute atomic E-state index is 0.0447. The molecule has 0 radical (unpaired) electrons. The number of rotatable bonds is 16. The summed E-state index contributed by atoms with van der Waals surface area (Å²) in [4.78, 5) is 0. The lowest BCUT2D eigenvalue weighted by Crippen LogP contribution is -2.39. The van der Waals surface area contributed by atoms with Gasteiger partial charge in [0, 0.05) is 5.92 Å². The Morgan fingerprint density at radius 2 is 1.63 bits per heavy atom. The second-order valence-corrected chi connectivity index (χ2v) is 10.5. The second kappa shape index (κ2) is 14.6. The minimum Gasteiger partial charge on any atom is -0.394 e. The molecule has 178 valence electrons. The molecule has 0 amide bonds. The van der Waals surface area contributed by atoms with Crippen LogP contribution in [0.15, 0.2) is 12.2 Å². The first-order valence-corrected chi connectivity index (χ1v) is 12.9. The molecule has 7 unspecified atom stereocenters. The second-order valence-electron chi connectivity index (χ2n) is 10.5. The Balaban J connectivity index is 2.31. The van der Waals surface area contributed by atoms with Gasteiger partial charge in [0.25, 0.3) is 0 Å². The number of hydrogen-bond donors (Lipinski definition) is 2. The Bertz CT molecular complexity index is 459. The van der Waals surface area contributed by atoms with Crippen molar-refractivity contribution in [1.82, 2.24) is 0 Å². The molecule has 0 heterocycles. The lowest BCUT2D eigenvalue weighted by Gasteiger charge is -2.38. The number of aliphatic hydroxyl groups excluding tert-OH is 1. The largest absolute Gasteiger partial charge is 0.394 e. The van der Waals surface area contributed by atoms with Crippen molar-refractivity contribution in [1.29, 1.82) is 0 Å². The van der Waals surface area contributed by atoms with E-state index in [4.69, 9.17) is 4.74 Å². The molecule has 1 rings (SSSR count).